The molecule has 16 heavy (non-hydrogen) atoms. The van der Waals surface area contributed by atoms with Crippen molar-refractivity contribution in [2.75, 3.05) is 13.1 Å². The van der Waals surface area contributed by atoms with Crippen LogP contribution < -0.4 is 5.32 Å². The number of amides is 1. The van der Waals surface area contributed by atoms with Gasteiger partial charge in [-0.2, -0.15) is 0 Å². The van der Waals surface area contributed by atoms with Crippen LogP contribution in [0.5, 0.6) is 0 Å². The average Bonchev–Trinajstić information content (AvgIpc) is 2.67. The highest BCUT2D eigenvalue weighted by atomic mass is 16.1. The molecule has 2 fully saturated rings. The smallest absolute Gasteiger partial charge is 0.217 e. The molecule has 1 heterocycles. The summed E-state index contributed by atoms with van der Waals surface area (Å²) in [5.41, 5.74) is 0. The molecule has 2 unspecified atom stereocenters. The summed E-state index contributed by atoms with van der Waals surface area (Å²) >= 11 is 0. The number of hydrogen-bond donors (Lipinski definition) is 1. The summed E-state index contributed by atoms with van der Waals surface area (Å²) < 4.78 is 0. The van der Waals surface area contributed by atoms with E-state index in [9.17, 15) is 4.79 Å². The standard InChI is InChI=1S/C13H24N2O/c1-10-7-12(14-11(2)16)9-15(8-10)13-5-3-4-6-13/h10,12-13H,3-9H2,1-2H3,(H,14,16). The van der Waals surface area contributed by atoms with Crippen LogP contribution in [0.2, 0.25) is 0 Å². The zero-order chi connectivity index (χ0) is 11.5. The van der Waals surface area contributed by atoms with Crippen molar-refractivity contribution in [3.05, 3.63) is 0 Å². The normalized spacial score (nSPS) is 32.9. The Morgan fingerprint density at radius 3 is 2.56 bits per heavy atom. The molecule has 3 heteroatoms. The highest BCUT2D eigenvalue weighted by molar-refractivity contribution is 5.73. The lowest BCUT2D eigenvalue weighted by Gasteiger charge is -2.40. The van der Waals surface area contributed by atoms with E-state index >= 15 is 0 Å². The molecule has 1 aliphatic heterocycles. The minimum atomic E-state index is 0.116. The van der Waals surface area contributed by atoms with E-state index in [4.69, 9.17) is 0 Å². The topological polar surface area (TPSA) is 32.3 Å². The van der Waals surface area contributed by atoms with Crippen LogP contribution in [0.15, 0.2) is 0 Å². The zero-order valence-electron chi connectivity index (χ0n) is 10.5. The van der Waals surface area contributed by atoms with Gasteiger partial charge < -0.3 is 5.32 Å². The number of nitrogens with one attached hydrogen (secondary N) is 1. The number of carbonyl (C=O) groups is 1. The fourth-order valence-corrected chi connectivity index (χ4v) is 3.35. The Labute approximate surface area is 98.6 Å². The van der Waals surface area contributed by atoms with Crippen LogP contribution in [0.25, 0.3) is 0 Å². The van der Waals surface area contributed by atoms with Crippen molar-refractivity contribution in [3.63, 3.8) is 0 Å². The zero-order valence-corrected chi connectivity index (χ0v) is 10.5. The van der Waals surface area contributed by atoms with Crippen molar-refractivity contribution >= 4 is 5.91 Å². The van der Waals surface area contributed by atoms with E-state index in [0.717, 1.165) is 19.0 Å². The van der Waals surface area contributed by atoms with Crippen LogP contribution in [-0.4, -0.2) is 36.0 Å². The molecule has 0 radical (unpaired) electrons. The van der Waals surface area contributed by atoms with Gasteiger partial charge in [0.15, 0.2) is 0 Å². The van der Waals surface area contributed by atoms with Gasteiger partial charge in [-0.3, -0.25) is 9.69 Å². The fourth-order valence-electron chi connectivity index (χ4n) is 3.35. The van der Waals surface area contributed by atoms with E-state index in [-0.39, 0.29) is 5.91 Å². The lowest BCUT2D eigenvalue weighted by Crippen LogP contribution is -2.52. The van der Waals surface area contributed by atoms with Crippen LogP contribution in [0.4, 0.5) is 0 Å². The Morgan fingerprint density at radius 2 is 1.94 bits per heavy atom. The van der Waals surface area contributed by atoms with Crippen molar-refractivity contribution in [2.45, 2.75) is 58.0 Å². The third-order valence-corrected chi connectivity index (χ3v) is 3.94. The van der Waals surface area contributed by atoms with Crippen molar-refractivity contribution in [3.8, 4) is 0 Å². The molecule has 92 valence electrons. The van der Waals surface area contributed by atoms with Gasteiger partial charge >= 0.3 is 0 Å². The molecule has 0 aromatic heterocycles. The first-order chi connectivity index (χ1) is 7.65. The van der Waals surface area contributed by atoms with Gasteiger partial charge in [-0.15, -0.1) is 0 Å². The van der Waals surface area contributed by atoms with Gasteiger partial charge in [-0.1, -0.05) is 19.8 Å². The van der Waals surface area contributed by atoms with Crippen LogP contribution in [-0.2, 0) is 4.79 Å². The number of carbonyl (C=O) groups excluding carboxylic acids is 1. The Hall–Kier alpha value is -0.570. The van der Waals surface area contributed by atoms with Gasteiger partial charge in [-0.25, -0.2) is 0 Å². The van der Waals surface area contributed by atoms with Gasteiger partial charge in [0.2, 0.25) is 5.91 Å². The van der Waals surface area contributed by atoms with Crippen LogP contribution in [0, 0.1) is 5.92 Å². The summed E-state index contributed by atoms with van der Waals surface area (Å²) in [6.07, 6.45) is 6.64. The number of nitrogens with zero attached hydrogens (tertiary/aromatic N) is 1. The maximum atomic E-state index is 11.1. The van der Waals surface area contributed by atoms with Crippen molar-refractivity contribution in [1.29, 1.82) is 0 Å². The number of piperidine rings is 1. The Morgan fingerprint density at radius 1 is 1.25 bits per heavy atom. The second-order valence-corrected chi connectivity index (χ2v) is 5.63. The molecule has 2 aliphatic rings. The number of likely N-dealkylation sites (tertiary alicyclic amines) is 1. The van der Waals surface area contributed by atoms with E-state index in [1.807, 2.05) is 0 Å². The minimum Gasteiger partial charge on any atom is -0.352 e. The quantitative estimate of drug-likeness (QED) is 0.775. The summed E-state index contributed by atoms with van der Waals surface area (Å²) in [6.45, 7) is 6.21. The lowest BCUT2D eigenvalue weighted by molar-refractivity contribution is -0.120. The highest BCUT2D eigenvalue weighted by Crippen LogP contribution is 2.27. The fraction of sp³-hybridized carbons (Fsp3) is 0.923. The van der Waals surface area contributed by atoms with Crippen molar-refractivity contribution in [2.24, 2.45) is 5.92 Å². The highest BCUT2D eigenvalue weighted by Gasteiger charge is 2.30. The van der Waals surface area contributed by atoms with E-state index < -0.39 is 0 Å². The predicted molar refractivity (Wildman–Crippen MR) is 65.2 cm³/mol. The van der Waals surface area contributed by atoms with Gasteiger partial charge in [0.1, 0.15) is 0 Å². The maximum Gasteiger partial charge on any atom is 0.217 e. The van der Waals surface area contributed by atoms with Gasteiger partial charge in [0.25, 0.3) is 0 Å². The molecule has 3 nitrogen and oxygen atoms in total. The molecular formula is C13H24N2O. The molecule has 0 bridgehead atoms. The molecule has 1 N–H and O–H groups in total. The first-order valence-electron chi connectivity index (χ1n) is 6.66. The number of rotatable bonds is 2. The Bertz CT molecular complexity index is 248. The molecule has 1 amide bonds. The first kappa shape index (κ1) is 11.9. The van der Waals surface area contributed by atoms with Crippen LogP contribution >= 0.6 is 0 Å². The van der Waals surface area contributed by atoms with Gasteiger partial charge in [0.05, 0.1) is 0 Å². The molecule has 0 aromatic carbocycles. The molecule has 0 aromatic rings. The van der Waals surface area contributed by atoms with Crippen molar-refractivity contribution in [1.82, 2.24) is 10.2 Å². The van der Waals surface area contributed by atoms with E-state index in [1.54, 1.807) is 6.92 Å². The maximum absolute atomic E-state index is 11.1. The average molecular weight is 224 g/mol. The molecule has 1 saturated heterocycles. The largest absolute Gasteiger partial charge is 0.352 e. The second-order valence-electron chi connectivity index (χ2n) is 5.63. The first-order valence-corrected chi connectivity index (χ1v) is 6.66. The Balaban J connectivity index is 1.90. The van der Waals surface area contributed by atoms with E-state index in [2.05, 4.69) is 17.1 Å². The molecule has 1 saturated carbocycles. The molecule has 0 spiro atoms. The number of hydrogen-bond acceptors (Lipinski definition) is 2. The summed E-state index contributed by atoms with van der Waals surface area (Å²) in [5, 5.41) is 3.08. The molecule has 2 rings (SSSR count). The lowest BCUT2D eigenvalue weighted by atomic mass is 9.94. The summed E-state index contributed by atoms with van der Waals surface area (Å²) in [6, 6.07) is 1.17. The molecule has 2 atom stereocenters. The third kappa shape index (κ3) is 2.97. The van der Waals surface area contributed by atoms with Gasteiger partial charge in [0, 0.05) is 32.1 Å². The summed E-state index contributed by atoms with van der Waals surface area (Å²) in [7, 11) is 0. The van der Waals surface area contributed by atoms with Gasteiger partial charge in [-0.05, 0) is 25.2 Å². The summed E-state index contributed by atoms with van der Waals surface area (Å²) in [4.78, 5) is 13.7. The molecule has 1 aliphatic carbocycles. The third-order valence-electron chi connectivity index (χ3n) is 3.94. The Kier molecular flexibility index (Phi) is 3.85. The van der Waals surface area contributed by atoms with Crippen molar-refractivity contribution < 1.29 is 4.79 Å². The van der Waals surface area contributed by atoms with Crippen LogP contribution in [0.1, 0.15) is 46.0 Å². The molecular weight excluding hydrogens is 200 g/mol. The van der Waals surface area contributed by atoms with E-state index in [0.29, 0.717) is 12.0 Å². The summed E-state index contributed by atoms with van der Waals surface area (Å²) in [5.74, 6) is 0.830. The monoisotopic (exact) mass is 224 g/mol. The SMILES string of the molecule is CC(=O)NC1CC(C)CN(C2CCCC2)C1. The predicted octanol–water partition coefficient (Wildman–Crippen LogP) is 1.78. The minimum absolute atomic E-state index is 0.116. The van der Waals surface area contributed by atoms with Crippen LogP contribution in [0.3, 0.4) is 0 Å². The van der Waals surface area contributed by atoms with E-state index in [1.165, 1.54) is 32.2 Å². The second kappa shape index (κ2) is 5.17.